The highest BCUT2D eigenvalue weighted by Gasteiger charge is 2.41. The number of likely N-dealkylation sites (tertiary alicyclic amines) is 2. The molecule has 1 aromatic rings. The van der Waals surface area contributed by atoms with Gasteiger partial charge in [0.2, 0.25) is 0 Å². The largest absolute Gasteiger partial charge is 0.299 e. The molecular formula is C16H24N2. The Morgan fingerprint density at radius 2 is 1.78 bits per heavy atom. The summed E-state index contributed by atoms with van der Waals surface area (Å²) in [7, 11) is 2.32. The molecule has 1 unspecified atom stereocenters. The smallest absolute Gasteiger partial charge is 0.0334 e. The van der Waals surface area contributed by atoms with Gasteiger partial charge >= 0.3 is 0 Å². The van der Waals surface area contributed by atoms with Crippen LogP contribution in [0, 0.1) is 0 Å². The summed E-state index contributed by atoms with van der Waals surface area (Å²) in [5.74, 6) is 0. The Morgan fingerprint density at radius 1 is 1.06 bits per heavy atom. The van der Waals surface area contributed by atoms with Crippen molar-refractivity contribution in [2.45, 2.75) is 37.8 Å². The standard InChI is InChI=1S/C16H24N2/c1-17-11-5-9-16(17)10-6-12-18(14-16)13-15-7-3-2-4-8-15/h2-4,7-8H,5-6,9-14H2,1H3. The highest BCUT2D eigenvalue weighted by Crippen LogP contribution is 2.36. The molecule has 2 fully saturated rings. The van der Waals surface area contributed by atoms with Gasteiger partial charge in [0, 0.05) is 18.6 Å². The van der Waals surface area contributed by atoms with E-state index in [4.69, 9.17) is 0 Å². The fraction of sp³-hybridized carbons (Fsp3) is 0.625. The van der Waals surface area contributed by atoms with Gasteiger partial charge in [-0.2, -0.15) is 0 Å². The molecule has 2 saturated heterocycles. The molecule has 3 rings (SSSR count). The first-order chi connectivity index (χ1) is 8.78. The molecule has 18 heavy (non-hydrogen) atoms. The summed E-state index contributed by atoms with van der Waals surface area (Å²) in [5.41, 5.74) is 1.95. The number of hydrogen-bond donors (Lipinski definition) is 0. The Bertz CT molecular complexity index is 389. The molecule has 1 atom stereocenters. The van der Waals surface area contributed by atoms with Crippen LogP contribution in [0.15, 0.2) is 30.3 Å². The van der Waals surface area contributed by atoms with Gasteiger partial charge in [0.25, 0.3) is 0 Å². The number of likely N-dealkylation sites (N-methyl/N-ethyl adjacent to an activating group) is 1. The van der Waals surface area contributed by atoms with Crippen molar-refractivity contribution in [3.63, 3.8) is 0 Å². The lowest BCUT2D eigenvalue weighted by molar-refractivity contribution is 0.0539. The van der Waals surface area contributed by atoms with E-state index in [0.717, 1.165) is 6.54 Å². The SMILES string of the molecule is CN1CCCC12CCCN(Cc1ccccc1)C2. The Balaban J connectivity index is 1.67. The fourth-order valence-corrected chi connectivity index (χ4v) is 3.77. The third-order valence-electron chi connectivity index (χ3n) is 4.83. The maximum Gasteiger partial charge on any atom is 0.0334 e. The minimum atomic E-state index is 0.493. The monoisotopic (exact) mass is 244 g/mol. The molecule has 0 aromatic heterocycles. The van der Waals surface area contributed by atoms with Gasteiger partial charge < -0.3 is 0 Å². The zero-order chi connectivity index (χ0) is 12.4. The summed E-state index contributed by atoms with van der Waals surface area (Å²) in [6.45, 7) is 4.94. The normalized spacial score (nSPS) is 30.1. The molecule has 0 N–H and O–H groups in total. The highest BCUT2D eigenvalue weighted by atomic mass is 15.3. The van der Waals surface area contributed by atoms with Gasteiger partial charge in [-0.1, -0.05) is 30.3 Å². The molecule has 2 heteroatoms. The number of hydrogen-bond acceptors (Lipinski definition) is 2. The van der Waals surface area contributed by atoms with Crippen molar-refractivity contribution < 1.29 is 0 Å². The first-order valence-electron chi connectivity index (χ1n) is 7.26. The summed E-state index contributed by atoms with van der Waals surface area (Å²) in [6, 6.07) is 10.9. The van der Waals surface area contributed by atoms with E-state index < -0.39 is 0 Å². The van der Waals surface area contributed by atoms with Crippen molar-refractivity contribution in [2.24, 2.45) is 0 Å². The molecule has 98 valence electrons. The van der Waals surface area contributed by atoms with Gasteiger partial charge in [-0.25, -0.2) is 0 Å². The van der Waals surface area contributed by atoms with E-state index in [1.165, 1.54) is 50.9 Å². The highest BCUT2D eigenvalue weighted by molar-refractivity contribution is 5.15. The van der Waals surface area contributed by atoms with E-state index in [1.807, 2.05) is 0 Å². The first kappa shape index (κ1) is 12.2. The lowest BCUT2D eigenvalue weighted by Gasteiger charge is -2.44. The summed E-state index contributed by atoms with van der Waals surface area (Å²) in [5, 5.41) is 0. The average Bonchev–Trinajstić information content (AvgIpc) is 2.72. The summed E-state index contributed by atoms with van der Waals surface area (Å²) in [4.78, 5) is 5.27. The number of piperidine rings is 1. The van der Waals surface area contributed by atoms with E-state index in [0.29, 0.717) is 5.54 Å². The van der Waals surface area contributed by atoms with Crippen molar-refractivity contribution >= 4 is 0 Å². The summed E-state index contributed by atoms with van der Waals surface area (Å²) in [6.07, 6.45) is 5.54. The Labute approximate surface area is 111 Å². The second-order valence-corrected chi connectivity index (χ2v) is 6.05. The average molecular weight is 244 g/mol. The fourth-order valence-electron chi connectivity index (χ4n) is 3.77. The molecule has 2 heterocycles. The van der Waals surface area contributed by atoms with Crippen LogP contribution in [-0.2, 0) is 6.54 Å². The molecular weight excluding hydrogens is 220 g/mol. The molecule has 2 nitrogen and oxygen atoms in total. The van der Waals surface area contributed by atoms with E-state index in [9.17, 15) is 0 Å². The quantitative estimate of drug-likeness (QED) is 0.789. The second kappa shape index (κ2) is 5.02. The zero-order valence-corrected chi connectivity index (χ0v) is 11.4. The lowest BCUT2D eigenvalue weighted by Crippen LogP contribution is -2.53. The maximum absolute atomic E-state index is 2.65. The molecule has 0 bridgehead atoms. The third kappa shape index (κ3) is 2.32. The van der Waals surface area contributed by atoms with Gasteiger partial charge in [-0.3, -0.25) is 9.80 Å². The van der Waals surface area contributed by atoms with Crippen LogP contribution >= 0.6 is 0 Å². The molecule has 0 saturated carbocycles. The maximum atomic E-state index is 2.65. The van der Waals surface area contributed by atoms with Gasteiger partial charge in [0.15, 0.2) is 0 Å². The van der Waals surface area contributed by atoms with Crippen molar-refractivity contribution in [1.29, 1.82) is 0 Å². The predicted molar refractivity (Wildman–Crippen MR) is 75.5 cm³/mol. The molecule has 0 aliphatic carbocycles. The third-order valence-corrected chi connectivity index (χ3v) is 4.83. The van der Waals surface area contributed by atoms with Crippen molar-refractivity contribution in [1.82, 2.24) is 9.80 Å². The number of nitrogens with zero attached hydrogens (tertiary/aromatic N) is 2. The molecule has 0 radical (unpaired) electrons. The molecule has 1 spiro atoms. The van der Waals surface area contributed by atoms with Crippen LogP contribution in [0.1, 0.15) is 31.2 Å². The van der Waals surface area contributed by atoms with Crippen LogP contribution in [0.4, 0.5) is 0 Å². The molecule has 2 aliphatic rings. The Kier molecular flexibility index (Phi) is 3.40. The Morgan fingerprint density at radius 3 is 2.50 bits per heavy atom. The molecule has 1 aromatic carbocycles. The zero-order valence-electron chi connectivity index (χ0n) is 11.4. The van der Waals surface area contributed by atoms with Crippen molar-refractivity contribution in [3.05, 3.63) is 35.9 Å². The number of rotatable bonds is 2. The van der Waals surface area contributed by atoms with Crippen LogP contribution in [0.2, 0.25) is 0 Å². The van der Waals surface area contributed by atoms with Gasteiger partial charge in [-0.05, 0) is 51.4 Å². The molecule has 0 amide bonds. The lowest BCUT2D eigenvalue weighted by atomic mass is 9.86. The van der Waals surface area contributed by atoms with Crippen molar-refractivity contribution in [3.8, 4) is 0 Å². The second-order valence-electron chi connectivity index (χ2n) is 6.05. The summed E-state index contributed by atoms with van der Waals surface area (Å²) >= 11 is 0. The topological polar surface area (TPSA) is 6.48 Å². The van der Waals surface area contributed by atoms with Gasteiger partial charge in [-0.15, -0.1) is 0 Å². The summed E-state index contributed by atoms with van der Waals surface area (Å²) < 4.78 is 0. The van der Waals surface area contributed by atoms with Crippen LogP contribution in [0.3, 0.4) is 0 Å². The number of benzene rings is 1. The predicted octanol–water partition coefficient (Wildman–Crippen LogP) is 2.75. The van der Waals surface area contributed by atoms with Crippen LogP contribution < -0.4 is 0 Å². The van der Waals surface area contributed by atoms with E-state index in [1.54, 1.807) is 0 Å². The minimum Gasteiger partial charge on any atom is -0.299 e. The first-order valence-corrected chi connectivity index (χ1v) is 7.26. The van der Waals surface area contributed by atoms with Crippen molar-refractivity contribution in [2.75, 3.05) is 26.7 Å². The Hall–Kier alpha value is -0.860. The van der Waals surface area contributed by atoms with E-state index >= 15 is 0 Å². The molecule has 2 aliphatic heterocycles. The van der Waals surface area contributed by atoms with Gasteiger partial charge in [0.05, 0.1) is 0 Å². The van der Waals surface area contributed by atoms with Crippen LogP contribution in [0.25, 0.3) is 0 Å². The van der Waals surface area contributed by atoms with E-state index in [-0.39, 0.29) is 0 Å². The van der Waals surface area contributed by atoms with E-state index in [2.05, 4.69) is 47.2 Å². The van der Waals surface area contributed by atoms with Crippen LogP contribution in [0.5, 0.6) is 0 Å². The van der Waals surface area contributed by atoms with Gasteiger partial charge in [0.1, 0.15) is 0 Å². The van der Waals surface area contributed by atoms with Crippen LogP contribution in [-0.4, -0.2) is 42.0 Å². The minimum absolute atomic E-state index is 0.493.